The Kier molecular flexibility index (Phi) is 8.94. The van der Waals surface area contributed by atoms with Gasteiger partial charge in [-0.25, -0.2) is 0 Å². The van der Waals surface area contributed by atoms with Crippen LogP contribution in [0.25, 0.3) is 0 Å². The molecule has 0 N–H and O–H groups in total. The van der Waals surface area contributed by atoms with E-state index in [4.69, 9.17) is 21.1 Å². The van der Waals surface area contributed by atoms with Crippen LogP contribution in [-0.2, 0) is 20.9 Å². The highest BCUT2D eigenvalue weighted by atomic mass is 35.5. The molecule has 0 heterocycles. The molecule has 0 amide bonds. The molecular weight excluding hydrogens is 348 g/mol. The third-order valence-corrected chi connectivity index (χ3v) is 5.63. The van der Waals surface area contributed by atoms with Gasteiger partial charge >= 0.3 is 5.97 Å². The third kappa shape index (κ3) is 6.92. The largest absolute Gasteiger partial charge is 0.462 e. The number of rotatable bonds is 11. The van der Waals surface area contributed by atoms with E-state index in [2.05, 4.69) is 13.0 Å². The van der Waals surface area contributed by atoms with Crippen molar-refractivity contribution in [1.82, 2.24) is 0 Å². The van der Waals surface area contributed by atoms with Gasteiger partial charge in [-0.3, -0.25) is 4.79 Å². The summed E-state index contributed by atoms with van der Waals surface area (Å²) < 4.78 is 11.4. The molecule has 3 nitrogen and oxygen atoms in total. The summed E-state index contributed by atoms with van der Waals surface area (Å²) in [5.74, 6) is 0.488. The standard InChI is InChI=1S/C22H33ClO3/c1-4-5-6-7-8-17(3)22(24)26-20-11-19(12-20)15-25-14-18-10-9-16(2)21(23)13-18/h9-10,13,17,19-20H,4-8,11-12,14-15H2,1-3H3. The van der Waals surface area contributed by atoms with Gasteiger partial charge in [-0.1, -0.05) is 63.3 Å². The first kappa shape index (κ1) is 21.2. The normalized spacial score (nSPS) is 20.5. The average molecular weight is 381 g/mol. The molecule has 1 atom stereocenters. The van der Waals surface area contributed by atoms with Crippen LogP contribution in [0.3, 0.4) is 0 Å². The van der Waals surface area contributed by atoms with Crippen molar-refractivity contribution in [3.8, 4) is 0 Å². The topological polar surface area (TPSA) is 35.5 Å². The molecule has 1 fully saturated rings. The smallest absolute Gasteiger partial charge is 0.308 e. The van der Waals surface area contributed by atoms with Crippen molar-refractivity contribution >= 4 is 17.6 Å². The molecular formula is C22H33ClO3. The molecule has 1 aliphatic rings. The van der Waals surface area contributed by atoms with E-state index >= 15 is 0 Å². The zero-order valence-electron chi connectivity index (χ0n) is 16.4. The van der Waals surface area contributed by atoms with E-state index in [0.29, 0.717) is 19.1 Å². The Bertz CT molecular complexity index is 567. The van der Waals surface area contributed by atoms with E-state index in [1.807, 2.05) is 26.0 Å². The summed E-state index contributed by atoms with van der Waals surface area (Å²) in [4.78, 5) is 12.1. The van der Waals surface area contributed by atoms with Gasteiger partial charge < -0.3 is 9.47 Å². The van der Waals surface area contributed by atoms with Gasteiger partial charge in [0.25, 0.3) is 0 Å². The number of ether oxygens (including phenoxy) is 2. The Morgan fingerprint density at radius 3 is 2.73 bits per heavy atom. The van der Waals surface area contributed by atoms with E-state index in [-0.39, 0.29) is 18.0 Å². The Morgan fingerprint density at radius 1 is 1.27 bits per heavy atom. The minimum absolute atomic E-state index is 0.0217. The second-order valence-electron chi connectivity index (χ2n) is 7.75. The molecule has 0 bridgehead atoms. The highest BCUT2D eigenvalue weighted by molar-refractivity contribution is 6.31. The molecule has 1 saturated carbocycles. The van der Waals surface area contributed by atoms with Crippen molar-refractivity contribution in [2.24, 2.45) is 11.8 Å². The first-order valence-corrected chi connectivity index (χ1v) is 10.4. The number of benzene rings is 1. The van der Waals surface area contributed by atoms with Gasteiger partial charge in [0.15, 0.2) is 0 Å². The van der Waals surface area contributed by atoms with Gasteiger partial charge in [0.2, 0.25) is 0 Å². The van der Waals surface area contributed by atoms with Gasteiger partial charge in [0, 0.05) is 5.02 Å². The number of carbonyl (C=O) groups is 1. The van der Waals surface area contributed by atoms with Crippen molar-refractivity contribution in [3.05, 3.63) is 34.3 Å². The number of hydrogen-bond donors (Lipinski definition) is 0. The minimum Gasteiger partial charge on any atom is -0.462 e. The highest BCUT2D eigenvalue weighted by Gasteiger charge is 2.33. The maximum absolute atomic E-state index is 12.1. The molecule has 0 aromatic heterocycles. The highest BCUT2D eigenvalue weighted by Crippen LogP contribution is 2.31. The van der Waals surface area contributed by atoms with Crippen LogP contribution in [0.5, 0.6) is 0 Å². The van der Waals surface area contributed by atoms with Crippen LogP contribution in [0.1, 0.15) is 69.9 Å². The van der Waals surface area contributed by atoms with Crippen molar-refractivity contribution in [1.29, 1.82) is 0 Å². The molecule has 0 spiro atoms. The minimum atomic E-state index is -0.0276. The third-order valence-electron chi connectivity index (χ3n) is 5.23. The fourth-order valence-corrected chi connectivity index (χ4v) is 3.46. The van der Waals surface area contributed by atoms with Crippen LogP contribution < -0.4 is 0 Å². The summed E-state index contributed by atoms with van der Waals surface area (Å²) in [6, 6.07) is 6.03. The van der Waals surface area contributed by atoms with Gasteiger partial charge in [-0.15, -0.1) is 0 Å². The maximum atomic E-state index is 12.1. The van der Waals surface area contributed by atoms with Crippen LogP contribution in [-0.4, -0.2) is 18.7 Å². The van der Waals surface area contributed by atoms with E-state index in [9.17, 15) is 4.79 Å². The average Bonchev–Trinajstić information content (AvgIpc) is 2.59. The second kappa shape index (κ2) is 10.9. The van der Waals surface area contributed by atoms with E-state index < -0.39 is 0 Å². The Morgan fingerprint density at radius 2 is 2.04 bits per heavy atom. The van der Waals surface area contributed by atoms with Crippen LogP contribution >= 0.6 is 11.6 Å². The molecule has 4 heteroatoms. The molecule has 1 aromatic carbocycles. The fourth-order valence-electron chi connectivity index (χ4n) is 3.25. The molecule has 0 radical (unpaired) electrons. The zero-order valence-corrected chi connectivity index (χ0v) is 17.2. The van der Waals surface area contributed by atoms with Crippen LogP contribution in [0, 0.1) is 18.8 Å². The number of carbonyl (C=O) groups excluding carboxylic acids is 1. The summed E-state index contributed by atoms with van der Waals surface area (Å²) in [6.45, 7) is 7.47. The van der Waals surface area contributed by atoms with Crippen molar-refractivity contribution in [2.75, 3.05) is 6.61 Å². The van der Waals surface area contributed by atoms with Crippen LogP contribution in [0.15, 0.2) is 18.2 Å². The van der Waals surface area contributed by atoms with Crippen molar-refractivity contribution in [2.45, 2.75) is 78.4 Å². The van der Waals surface area contributed by atoms with E-state index in [0.717, 1.165) is 41.8 Å². The summed E-state index contributed by atoms with van der Waals surface area (Å²) in [7, 11) is 0. The Labute approximate surface area is 163 Å². The number of halogens is 1. The first-order valence-electron chi connectivity index (χ1n) is 10.0. The lowest BCUT2D eigenvalue weighted by molar-refractivity contribution is -0.162. The summed E-state index contributed by atoms with van der Waals surface area (Å²) in [6.07, 6.45) is 7.67. The molecule has 1 unspecified atom stereocenters. The molecule has 146 valence electrons. The molecule has 1 aromatic rings. The molecule has 26 heavy (non-hydrogen) atoms. The van der Waals surface area contributed by atoms with E-state index in [1.54, 1.807) is 0 Å². The van der Waals surface area contributed by atoms with Gasteiger partial charge in [-0.05, 0) is 49.3 Å². The predicted octanol–water partition coefficient (Wildman–Crippen LogP) is 6.09. The Balaban J connectivity index is 1.55. The summed E-state index contributed by atoms with van der Waals surface area (Å²) in [5, 5.41) is 0.783. The van der Waals surface area contributed by atoms with Gasteiger partial charge in [-0.2, -0.15) is 0 Å². The van der Waals surface area contributed by atoms with Crippen LogP contribution in [0.2, 0.25) is 5.02 Å². The SMILES string of the molecule is CCCCCCC(C)C(=O)OC1CC(COCc2ccc(C)c(Cl)c2)C1. The number of unbranched alkanes of at least 4 members (excludes halogenated alkanes) is 3. The molecule has 1 aliphatic carbocycles. The predicted molar refractivity (Wildman–Crippen MR) is 106 cm³/mol. The molecule has 0 saturated heterocycles. The van der Waals surface area contributed by atoms with Crippen molar-refractivity contribution < 1.29 is 14.3 Å². The van der Waals surface area contributed by atoms with Gasteiger partial charge in [0.05, 0.1) is 19.1 Å². The lowest BCUT2D eigenvalue weighted by Crippen LogP contribution is -2.36. The zero-order chi connectivity index (χ0) is 18.9. The second-order valence-corrected chi connectivity index (χ2v) is 8.15. The van der Waals surface area contributed by atoms with Gasteiger partial charge in [0.1, 0.15) is 6.10 Å². The number of hydrogen-bond acceptors (Lipinski definition) is 3. The monoisotopic (exact) mass is 380 g/mol. The lowest BCUT2D eigenvalue weighted by atomic mass is 9.83. The maximum Gasteiger partial charge on any atom is 0.308 e. The number of esters is 1. The number of aryl methyl sites for hydroxylation is 1. The first-order chi connectivity index (χ1) is 12.5. The van der Waals surface area contributed by atoms with E-state index in [1.165, 1.54) is 19.3 Å². The van der Waals surface area contributed by atoms with Crippen LogP contribution in [0.4, 0.5) is 0 Å². The summed E-state index contributed by atoms with van der Waals surface area (Å²) in [5.41, 5.74) is 2.18. The molecule has 0 aliphatic heterocycles. The fraction of sp³-hybridized carbons (Fsp3) is 0.682. The lowest BCUT2D eigenvalue weighted by Gasteiger charge is -2.35. The Hall–Kier alpha value is -1.06. The quantitative estimate of drug-likeness (QED) is 0.344. The molecule has 2 rings (SSSR count). The summed E-state index contributed by atoms with van der Waals surface area (Å²) >= 11 is 6.13. The van der Waals surface area contributed by atoms with Crippen molar-refractivity contribution in [3.63, 3.8) is 0 Å².